The Labute approximate surface area is 93.6 Å². The Hall–Kier alpha value is -0.300. The molecule has 0 aromatic heterocycles. The molecule has 0 radical (unpaired) electrons. The molecule has 1 aromatic carbocycles. The lowest BCUT2D eigenvalue weighted by Crippen LogP contribution is -2.20. The maximum atomic E-state index is 12.0. The SMILES string of the molecule is N[C@H](CC(F)(F)F)c1cccc(I)c1. The summed E-state index contributed by atoms with van der Waals surface area (Å²) in [6, 6.07) is 5.82. The zero-order valence-corrected chi connectivity index (χ0v) is 9.34. The van der Waals surface area contributed by atoms with Crippen LogP contribution in [0.5, 0.6) is 0 Å². The largest absolute Gasteiger partial charge is 0.390 e. The quantitative estimate of drug-likeness (QED) is 0.833. The molecule has 1 nitrogen and oxygen atoms in total. The van der Waals surface area contributed by atoms with Crippen LogP contribution < -0.4 is 5.73 Å². The molecule has 1 aromatic rings. The number of alkyl halides is 3. The molecule has 0 saturated carbocycles. The third kappa shape index (κ3) is 3.83. The van der Waals surface area contributed by atoms with Gasteiger partial charge in [-0.05, 0) is 40.3 Å². The van der Waals surface area contributed by atoms with Gasteiger partial charge in [-0.25, -0.2) is 0 Å². The number of nitrogens with two attached hydrogens (primary N) is 1. The van der Waals surface area contributed by atoms with Gasteiger partial charge >= 0.3 is 6.18 Å². The molecule has 14 heavy (non-hydrogen) atoms. The van der Waals surface area contributed by atoms with Gasteiger partial charge in [-0.15, -0.1) is 0 Å². The Morgan fingerprint density at radius 2 is 2.00 bits per heavy atom. The highest BCUT2D eigenvalue weighted by molar-refractivity contribution is 14.1. The fraction of sp³-hybridized carbons (Fsp3) is 0.333. The monoisotopic (exact) mass is 315 g/mol. The molecule has 0 amide bonds. The predicted octanol–water partition coefficient (Wildman–Crippen LogP) is 3.24. The third-order valence-corrected chi connectivity index (χ3v) is 2.40. The molecule has 0 aliphatic carbocycles. The molecular formula is C9H9F3IN. The Morgan fingerprint density at radius 1 is 1.36 bits per heavy atom. The molecule has 2 N–H and O–H groups in total. The Bertz CT molecular complexity index is 311. The normalized spacial score (nSPS) is 14.1. The van der Waals surface area contributed by atoms with E-state index in [-0.39, 0.29) is 0 Å². The fourth-order valence-corrected chi connectivity index (χ4v) is 1.67. The maximum absolute atomic E-state index is 12.0. The first-order valence-corrected chi connectivity index (χ1v) is 5.04. The van der Waals surface area contributed by atoms with Crippen LogP contribution in [-0.2, 0) is 0 Å². The molecule has 0 spiro atoms. The van der Waals surface area contributed by atoms with Crippen LogP contribution in [0.15, 0.2) is 24.3 Å². The van der Waals surface area contributed by atoms with Crippen molar-refractivity contribution in [3.05, 3.63) is 33.4 Å². The molecular weight excluding hydrogens is 306 g/mol. The van der Waals surface area contributed by atoms with Gasteiger partial charge in [-0.2, -0.15) is 13.2 Å². The first kappa shape index (κ1) is 11.8. The van der Waals surface area contributed by atoms with E-state index >= 15 is 0 Å². The minimum Gasteiger partial charge on any atom is -0.324 e. The van der Waals surface area contributed by atoms with Crippen molar-refractivity contribution in [2.45, 2.75) is 18.6 Å². The average molecular weight is 315 g/mol. The van der Waals surface area contributed by atoms with Crippen LogP contribution in [0.4, 0.5) is 13.2 Å². The number of benzene rings is 1. The Balaban J connectivity index is 2.74. The van der Waals surface area contributed by atoms with Crippen LogP contribution in [0, 0.1) is 3.57 Å². The summed E-state index contributed by atoms with van der Waals surface area (Å²) < 4.78 is 36.9. The van der Waals surface area contributed by atoms with E-state index < -0.39 is 18.6 Å². The van der Waals surface area contributed by atoms with E-state index in [0.717, 1.165) is 3.57 Å². The number of halogens is 4. The summed E-state index contributed by atoms with van der Waals surface area (Å²) in [7, 11) is 0. The van der Waals surface area contributed by atoms with E-state index in [0.29, 0.717) is 5.56 Å². The second-order valence-corrected chi connectivity index (χ2v) is 4.23. The number of hydrogen-bond acceptors (Lipinski definition) is 1. The average Bonchev–Trinajstić information content (AvgIpc) is 2.01. The van der Waals surface area contributed by atoms with Crippen molar-refractivity contribution in [2.24, 2.45) is 5.73 Å². The van der Waals surface area contributed by atoms with Gasteiger partial charge in [0.05, 0.1) is 6.42 Å². The smallest absolute Gasteiger partial charge is 0.324 e. The minimum atomic E-state index is -4.21. The summed E-state index contributed by atoms with van der Waals surface area (Å²) in [6.45, 7) is 0. The number of rotatable bonds is 2. The zero-order chi connectivity index (χ0) is 10.8. The summed E-state index contributed by atoms with van der Waals surface area (Å²) >= 11 is 2.04. The van der Waals surface area contributed by atoms with Crippen LogP contribution >= 0.6 is 22.6 Å². The van der Waals surface area contributed by atoms with Gasteiger partial charge in [0.15, 0.2) is 0 Å². The lowest BCUT2D eigenvalue weighted by molar-refractivity contribution is -0.138. The highest BCUT2D eigenvalue weighted by Crippen LogP contribution is 2.28. The van der Waals surface area contributed by atoms with E-state index in [2.05, 4.69) is 0 Å². The van der Waals surface area contributed by atoms with Crippen molar-refractivity contribution in [3.8, 4) is 0 Å². The van der Waals surface area contributed by atoms with Gasteiger partial charge in [0.25, 0.3) is 0 Å². The minimum absolute atomic E-state index is 0.522. The molecule has 0 aliphatic rings. The van der Waals surface area contributed by atoms with Gasteiger partial charge < -0.3 is 5.73 Å². The van der Waals surface area contributed by atoms with E-state index in [1.165, 1.54) is 0 Å². The molecule has 0 heterocycles. The predicted molar refractivity (Wildman–Crippen MR) is 56.8 cm³/mol. The van der Waals surface area contributed by atoms with Gasteiger partial charge in [0.2, 0.25) is 0 Å². The molecule has 0 aliphatic heterocycles. The standard InChI is InChI=1S/C9H9F3IN/c10-9(11,12)5-8(14)6-2-1-3-7(13)4-6/h1-4,8H,5,14H2/t8-/m1/s1. The van der Waals surface area contributed by atoms with Crippen LogP contribution in [0.25, 0.3) is 0 Å². The van der Waals surface area contributed by atoms with Crippen molar-refractivity contribution in [1.82, 2.24) is 0 Å². The Morgan fingerprint density at radius 3 is 2.50 bits per heavy atom. The fourth-order valence-electron chi connectivity index (χ4n) is 1.10. The molecule has 0 unspecified atom stereocenters. The Kier molecular flexibility index (Phi) is 3.77. The molecule has 0 bridgehead atoms. The summed E-state index contributed by atoms with van der Waals surface area (Å²) in [5, 5.41) is 0. The summed E-state index contributed by atoms with van der Waals surface area (Å²) in [5.41, 5.74) is 5.95. The number of hydrogen-bond donors (Lipinski definition) is 1. The van der Waals surface area contributed by atoms with Crippen molar-refractivity contribution in [1.29, 1.82) is 0 Å². The lowest BCUT2D eigenvalue weighted by Gasteiger charge is -2.14. The van der Waals surface area contributed by atoms with Gasteiger partial charge in [-0.3, -0.25) is 0 Å². The first-order valence-electron chi connectivity index (χ1n) is 3.96. The molecule has 0 fully saturated rings. The van der Waals surface area contributed by atoms with Crippen molar-refractivity contribution < 1.29 is 13.2 Å². The van der Waals surface area contributed by atoms with Gasteiger partial charge in [0, 0.05) is 9.61 Å². The first-order chi connectivity index (χ1) is 6.38. The van der Waals surface area contributed by atoms with E-state index in [1.807, 2.05) is 28.7 Å². The third-order valence-electron chi connectivity index (χ3n) is 1.73. The molecule has 1 rings (SSSR count). The molecule has 0 saturated heterocycles. The van der Waals surface area contributed by atoms with Crippen LogP contribution in [0.1, 0.15) is 18.0 Å². The summed E-state index contributed by atoms with van der Waals surface area (Å²) in [6.07, 6.45) is -5.19. The topological polar surface area (TPSA) is 26.0 Å². The lowest BCUT2D eigenvalue weighted by atomic mass is 10.1. The van der Waals surface area contributed by atoms with E-state index in [4.69, 9.17) is 5.73 Å². The van der Waals surface area contributed by atoms with Gasteiger partial charge in [0.1, 0.15) is 0 Å². The second-order valence-electron chi connectivity index (χ2n) is 2.98. The summed E-state index contributed by atoms with van der Waals surface area (Å²) in [4.78, 5) is 0. The zero-order valence-electron chi connectivity index (χ0n) is 7.18. The van der Waals surface area contributed by atoms with Gasteiger partial charge in [-0.1, -0.05) is 12.1 Å². The van der Waals surface area contributed by atoms with Crippen molar-refractivity contribution in [2.75, 3.05) is 0 Å². The van der Waals surface area contributed by atoms with Crippen molar-refractivity contribution in [3.63, 3.8) is 0 Å². The second kappa shape index (κ2) is 4.48. The van der Waals surface area contributed by atoms with Crippen LogP contribution in [0.2, 0.25) is 0 Å². The molecule has 1 atom stereocenters. The maximum Gasteiger partial charge on any atom is 0.390 e. The van der Waals surface area contributed by atoms with E-state index in [1.54, 1.807) is 18.2 Å². The van der Waals surface area contributed by atoms with Crippen molar-refractivity contribution >= 4 is 22.6 Å². The highest BCUT2D eigenvalue weighted by atomic mass is 127. The van der Waals surface area contributed by atoms with Crippen LogP contribution in [-0.4, -0.2) is 6.18 Å². The summed E-state index contributed by atoms with van der Waals surface area (Å²) in [5.74, 6) is 0. The molecule has 5 heteroatoms. The molecule has 78 valence electrons. The van der Waals surface area contributed by atoms with Crippen LogP contribution in [0.3, 0.4) is 0 Å². The van der Waals surface area contributed by atoms with E-state index in [9.17, 15) is 13.2 Å². The highest BCUT2D eigenvalue weighted by Gasteiger charge is 2.30.